The van der Waals surface area contributed by atoms with Crippen LogP contribution in [0.5, 0.6) is 0 Å². The van der Waals surface area contributed by atoms with Gasteiger partial charge in [0.25, 0.3) is 0 Å². The van der Waals surface area contributed by atoms with Crippen molar-refractivity contribution in [3.63, 3.8) is 0 Å². The fourth-order valence-electron chi connectivity index (χ4n) is 2.91. The third-order valence-electron chi connectivity index (χ3n) is 4.24. The van der Waals surface area contributed by atoms with Crippen LogP contribution in [-0.4, -0.2) is 34.2 Å². The molecule has 1 aromatic carbocycles. The van der Waals surface area contributed by atoms with Crippen LogP contribution in [0.2, 0.25) is 0 Å². The quantitative estimate of drug-likeness (QED) is 0.256. The van der Waals surface area contributed by atoms with Crippen molar-refractivity contribution in [1.82, 2.24) is 20.2 Å². The lowest BCUT2D eigenvalue weighted by Gasteiger charge is -2.15. The van der Waals surface area contributed by atoms with Crippen molar-refractivity contribution in [3.05, 3.63) is 53.4 Å². The van der Waals surface area contributed by atoms with Crippen LogP contribution in [0.3, 0.4) is 0 Å². The molecule has 0 saturated carbocycles. The molecule has 1 atom stereocenters. The molecule has 0 spiro atoms. The Balaban J connectivity index is 0.00000280. The highest BCUT2D eigenvalue weighted by molar-refractivity contribution is 14.0. The fourth-order valence-corrected chi connectivity index (χ4v) is 3.96. The van der Waals surface area contributed by atoms with E-state index >= 15 is 0 Å². The third-order valence-corrected chi connectivity index (χ3v) is 5.45. The lowest BCUT2D eigenvalue weighted by molar-refractivity contribution is 0.184. The Bertz CT molecular complexity index is 872. The molecule has 6 nitrogen and oxygen atoms in total. The SMILES string of the molecule is CN=C(NCc1nccn1CC(C)C)NCC(O)c1cc2ccccc2s1.I. The van der Waals surface area contributed by atoms with Gasteiger partial charge < -0.3 is 20.3 Å². The number of imidazole rings is 1. The molecular formula is C20H28IN5OS. The smallest absolute Gasteiger partial charge is 0.191 e. The van der Waals surface area contributed by atoms with E-state index in [9.17, 15) is 5.11 Å². The van der Waals surface area contributed by atoms with E-state index < -0.39 is 6.10 Å². The summed E-state index contributed by atoms with van der Waals surface area (Å²) in [6.45, 7) is 6.29. The largest absolute Gasteiger partial charge is 0.386 e. The minimum absolute atomic E-state index is 0. The van der Waals surface area contributed by atoms with Crippen LogP contribution in [0.1, 0.15) is 30.7 Å². The number of hydrogen-bond donors (Lipinski definition) is 3. The van der Waals surface area contributed by atoms with Gasteiger partial charge in [0.2, 0.25) is 0 Å². The molecule has 28 heavy (non-hydrogen) atoms. The van der Waals surface area contributed by atoms with Gasteiger partial charge in [-0.25, -0.2) is 4.98 Å². The van der Waals surface area contributed by atoms with Crippen molar-refractivity contribution in [2.45, 2.75) is 33.0 Å². The molecule has 3 rings (SSSR count). The van der Waals surface area contributed by atoms with E-state index in [-0.39, 0.29) is 24.0 Å². The molecule has 8 heteroatoms. The van der Waals surface area contributed by atoms with Gasteiger partial charge in [0.1, 0.15) is 11.9 Å². The van der Waals surface area contributed by atoms with Gasteiger partial charge in [-0.2, -0.15) is 0 Å². The summed E-state index contributed by atoms with van der Waals surface area (Å²) in [7, 11) is 1.72. The Kier molecular flexibility index (Phi) is 8.71. The van der Waals surface area contributed by atoms with E-state index in [0.717, 1.165) is 22.6 Å². The molecule has 3 aromatic rings. The van der Waals surface area contributed by atoms with Crippen molar-refractivity contribution in [2.75, 3.05) is 13.6 Å². The molecule has 0 amide bonds. The first-order valence-corrected chi connectivity index (χ1v) is 9.99. The monoisotopic (exact) mass is 513 g/mol. The molecule has 2 aromatic heterocycles. The number of aliphatic imine (C=N–C) groups is 1. The molecule has 1 unspecified atom stereocenters. The number of benzene rings is 1. The van der Waals surface area contributed by atoms with Gasteiger partial charge in [0.15, 0.2) is 5.96 Å². The van der Waals surface area contributed by atoms with E-state index in [1.165, 1.54) is 4.70 Å². The van der Waals surface area contributed by atoms with Crippen LogP contribution >= 0.6 is 35.3 Å². The number of fused-ring (bicyclic) bond motifs is 1. The number of nitrogens with zero attached hydrogens (tertiary/aromatic N) is 3. The van der Waals surface area contributed by atoms with E-state index in [4.69, 9.17) is 0 Å². The third kappa shape index (κ3) is 5.92. The number of guanidine groups is 1. The predicted octanol–water partition coefficient (Wildman–Crippen LogP) is 3.77. The van der Waals surface area contributed by atoms with E-state index in [2.05, 4.69) is 51.2 Å². The van der Waals surface area contributed by atoms with Gasteiger partial charge in [-0.1, -0.05) is 32.0 Å². The fraction of sp³-hybridized carbons (Fsp3) is 0.400. The Morgan fingerprint density at radius 1 is 1.29 bits per heavy atom. The summed E-state index contributed by atoms with van der Waals surface area (Å²) >= 11 is 1.62. The van der Waals surface area contributed by atoms with Gasteiger partial charge in [-0.05, 0) is 23.4 Å². The summed E-state index contributed by atoms with van der Waals surface area (Å²) in [5.41, 5.74) is 0. The zero-order valence-electron chi connectivity index (χ0n) is 16.4. The molecule has 0 aliphatic carbocycles. The van der Waals surface area contributed by atoms with Gasteiger partial charge in [0.05, 0.1) is 6.54 Å². The summed E-state index contributed by atoms with van der Waals surface area (Å²) in [5.74, 6) is 2.18. The molecule has 0 fully saturated rings. The Morgan fingerprint density at radius 3 is 2.79 bits per heavy atom. The summed E-state index contributed by atoms with van der Waals surface area (Å²) in [4.78, 5) is 9.60. The van der Waals surface area contributed by atoms with Crippen LogP contribution in [0.4, 0.5) is 0 Å². The number of halogens is 1. The van der Waals surface area contributed by atoms with Gasteiger partial charge in [0, 0.05) is 42.1 Å². The summed E-state index contributed by atoms with van der Waals surface area (Å²) in [6, 6.07) is 10.2. The number of hydrogen-bond acceptors (Lipinski definition) is 4. The van der Waals surface area contributed by atoms with Crippen molar-refractivity contribution >= 4 is 51.4 Å². The van der Waals surface area contributed by atoms with E-state index in [1.54, 1.807) is 18.4 Å². The maximum absolute atomic E-state index is 10.5. The van der Waals surface area contributed by atoms with Crippen LogP contribution in [-0.2, 0) is 13.1 Å². The second kappa shape index (κ2) is 10.8. The number of thiophene rings is 1. The maximum Gasteiger partial charge on any atom is 0.191 e. The second-order valence-corrected chi connectivity index (χ2v) is 8.01. The normalized spacial score (nSPS) is 12.8. The number of nitrogens with one attached hydrogen (secondary N) is 2. The minimum atomic E-state index is -0.580. The molecule has 0 saturated heterocycles. The minimum Gasteiger partial charge on any atom is -0.386 e. The van der Waals surface area contributed by atoms with E-state index in [1.807, 2.05) is 30.6 Å². The molecule has 152 valence electrons. The van der Waals surface area contributed by atoms with Crippen LogP contribution in [0.15, 0.2) is 47.7 Å². The Hall–Kier alpha value is -1.65. The highest BCUT2D eigenvalue weighted by Crippen LogP contribution is 2.29. The van der Waals surface area contributed by atoms with Crippen molar-refractivity contribution < 1.29 is 5.11 Å². The summed E-state index contributed by atoms with van der Waals surface area (Å²) < 4.78 is 3.34. The Labute approximate surface area is 187 Å². The topological polar surface area (TPSA) is 74.5 Å². The highest BCUT2D eigenvalue weighted by Gasteiger charge is 2.12. The first-order chi connectivity index (χ1) is 13.1. The molecule has 0 bridgehead atoms. The zero-order chi connectivity index (χ0) is 19.2. The van der Waals surface area contributed by atoms with E-state index in [0.29, 0.717) is 25.0 Å². The number of aliphatic hydroxyl groups excluding tert-OH is 1. The number of rotatable bonds is 7. The summed E-state index contributed by atoms with van der Waals surface area (Å²) in [6.07, 6.45) is 3.24. The number of aromatic nitrogens is 2. The first kappa shape index (κ1) is 22.6. The molecule has 0 aliphatic rings. The highest BCUT2D eigenvalue weighted by atomic mass is 127. The van der Waals surface area contributed by atoms with Crippen LogP contribution < -0.4 is 10.6 Å². The molecule has 3 N–H and O–H groups in total. The average Bonchev–Trinajstić information content (AvgIpc) is 3.27. The zero-order valence-corrected chi connectivity index (χ0v) is 19.6. The van der Waals surface area contributed by atoms with Gasteiger partial charge in [-0.15, -0.1) is 35.3 Å². The first-order valence-electron chi connectivity index (χ1n) is 9.18. The van der Waals surface area contributed by atoms with Crippen LogP contribution in [0.25, 0.3) is 10.1 Å². The van der Waals surface area contributed by atoms with Crippen molar-refractivity contribution in [2.24, 2.45) is 10.9 Å². The lowest BCUT2D eigenvalue weighted by Crippen LogP contribution is -2.39. The molecule has 0 radical (unpaired) electrons. The number of aliphatic hydroxyl groups is 1. The van der Waals surface area contributed by atoms with Gasteiger partial charge in [-0.3, -0.25) is 4.99 Å². The van der Waals surface area contributed by atoms with Gasteiger partial charge >= 0.3 is 0 Å². The summed E-state index contributed by atoms with van der Waals surface area (Å²) in [5, 5.41) is 18.1. The molecular weight excluding hydrogens is 485 g/mol. The average molecular weight is 513 g/mol. The van der Waals surface area contributed by atoms with Crippen molar-refractivity contribution in [3.8, 4) is 0 Å². The van der Waals surface area contributed by atoms with Crippen LogP contribution in [0, 0.1) is 5.92 Å². The molecule has 2 heterocycles. The standard InChI is InChI=1S/C20H27N5OS.HI/c1-14(2)13-25-9-8-22-19(25)12-24-20(21-3)23-11-16(26)18-10-15-6-4-5-7-17(15)27-18;/h4-10,14,16,26H,11-13H2,1-3H3,(H2,21,23,24);1H. The second-order valence-electron chi connectivity index (χ2n) is 6.90. The Morgan fingerprint density at radius 2 is 2.07 bits per heavy atom. The predicted molar refractivity (Wildman–Crippen MR) is 127 cm³/mol. The van der Waals surface area contributed by atoms with Crippen molar-refractivity contribution in [1.29, 1.82) is 0 Å². The molecule has 0 aliphatic heterocycles. The maximum atomic E-state index is 10.5. The lowest BCUT2D eigenvalue weighted by atomic mass is 10.2.